The molecule has 2 heterocycles. The normalized spacial score (nSPS) is 28.4. The summed E-state index contributed by atoms with van der Waals surface area (Å²) in [5.74, 6) is 0. The van der Waals surface area contributed by atoms with E-state index < -0.39 is 17.1 Å². The fraction of sp³-hybridized carbons (Fsp3) is 0.357. The number of carbonyl (C=O) groups is 1. The van der Waals surface area contributed by atoms with Gasteiger partial charge in [0.1, 0.15) is 17.6 Å². The minimum atomic E-state index is -1.28. The molecule has 1 aromatic rings. The molecule has 0 saturated carbocycles. The summed E-state index contributed by atoms with van der Waals surface area (Å²) in [4.78, 5) is 12.0. The SMILES string of the molecule is O=C(OCc1ccccc1)N1[C@@H]2C=C[C@@H](CC2)[S@@]1=O. The second-order valence-corrected chi connectivity index (χ2v) is 6.26. The number of benzene rings is 1. The van der Waals surface area contributed by atoms with Crippen LogP contribution in [0.2, 0.25) is 0 Å². The highest BCUT2D eigenvalue weighted by Crippen LogP contribution is 2.30. The first kappa shape index (κ1) is 12.4. The van der Waals surface area contributed by atoms with Gasteiger partial charge in [0.25, 0.3) is 0 Å². The molecule has 1 aromatic carbocycles. The van der Waals surface area contributed by atoms with E-state index in [9.17, 15) is 9.00 Å². The van der Waals surface area contributed by atoms with Gasteiger partial charge in [-0.3, -0.25) is 0 Å². The predicted molar refractivity (Wildman–Crippen MR) is 72.6 cm³/mol. The van der Waals surface area contributed by atoms with Crippen molar-refractivity contribution in [1.29, 1.82) is 0 Å². The van der Waals surface area contributed by atoms with Gasteiger partial charge >= 0.3 is 6.09 Å². The summed E-state index contributed by atoms with van der Waals surface area (Å²) in [5, 5.41) is -0.0331. The highest BCUT2D eigenvalue weighted by atomic mass is 32.2. The molecule has 3 aliphatic rings. The molecule has 1 amide bonds. The molecular formula is C14H15NO3S. The lowest BCUT2D eigenvalue weighted by atomic mass is 10.0. The van der Waals surface area contributed by atoms with Crippen LogP contribution < -0.4 is 0 Å². The molecule has 1 saturated heterocycles. The topological polar surface area (TPSA) is 46.6 Å². The Kier molecular flexibility index (Phi) is 3.38. The van der Waals surface area contributed by atoms with Crippen LogP contribution in [0.15, 0.2) is 42.5 Å². The second kappa shape index (κ2) is 5.17. The lowest BCUT2D eigenvalue weighted by Gasteiger charge is -2.38. The first-order chi connectivity index (χ1) is 9.25. The summed E-state index contributed by atoms with van der Waals surface area (Å²) in [6, 6.07) is 9.42. The second-order valence-electron chi connectivity index (χ2n) is 4.71. The maximum Gasteiger partial charge on any atom is 0.422 e. The van der Waals surface area contributed by atoms with Crippen LogP contribution in [0.1, 0.15) is 18.4 Å². The number of rotatable bonds is 2. The van der Waals surface area contributed by atoms with E-state index in [2.05, 4.69) is 0 Å². The van der Waals surface area contributed by atoms with Crippen LogP contribution in [-0.2, 0) is 22.3 Å². The lowest BCUT2D eigenvalue weighted by molar-refractivity contribution is 0.112. The molecule has 4 nitrogen and oxygen atoms in total. The maximum absolute atomic E-state index is 12.1. The minimum Gasteiger partial charge on any atom is -0.444 e. The Morgan fingerprint density at radius 3 is 2.68 bits per heavy atom. The molecule has 3 atom stereocenters. The molecule has 2 bridgehead atoms. The van der Waals surface area contributed by atoms with Crippen molar-refractivity contribution in [3.05, 3.63) is 48.0 Å². The predicted octanol–water partition coefficient (Wildman–Crippen LogP) is 2.39. The molecule has 0 spiro atoms. The zero-order chi connectivity index (χ0) is 13.2. The fourth-order valence-electron chi connectivity index (χ4n) is 2.41. The van der Waals surface area contributed by atoms with Crippen LogP contribution >= 0.6 is 0 Å². The molecule has 1 aliphatic carbocycles. The summed E-state index contributed by atoms with van der Waals surface area (Å²) >= 11 is 0. The number of carbonyl (C=O) groups excluding carboxylic acids is 1. The molecule has 1 fully saturated rings. The highest BCUT2D eigenvalue weighted by molar-refractivity contribution is 7.84. The van der Waals surface area contributed by atoms with E-state index in [0.717, 1.165) is 18.4 Å². The van der Waals surface area contributed by atoms with Gasteiger partial charge in [0.2, 0.25) is 0 Å². The molecule has 0 N–H and O–H groups in total. The first-order valence-electron chi connectivity index (χ1n) is 6.34. The third-order valence-corrected chi connectivity index (χ3v) is 5.15. The third kappa shape index (κ3) is 2.42. The van der Waals surface area contributed by atoms with E-state index in [-0.39, 0.29) is 17.9 Å². The summed E-state index contributed by atoms with van der Waals surface area (Å²) in [6.45, 7) is 0.217. The molecule has 100 valence electrons. The van der Waals surface area contributed by atoms with Crippen LogP contribution in [0, 0.1) is 0 Å². The third-order valence-electron chi connectivity index (χ3n) is 3.43. The molecule has 0 unspecified atom stereocenters. The largest absolute Gasteiger partial charge is 0.444 e. The van der Waals surface area contributed by atoms with Gasteiger partial charge in [-0.15, -0.1) is 0 Å². The number of ether oxygens (including phenoxy) is 1. The van der Waals surface area contributed by atoms with Crippen molar-refractivity contribution in [2.24, 2.45) is 0 Å². The Labute approximate surface area is 114 Å². The minimum absolute atomic E-state index is 0.0331. The zero-order valence-electron chi connectivity index (χ0n) is 10.4. The Bertz CT molecular complexity index is 529. The van der Waals surface area contributed by atoms with E-state index in [4.69, 9.17) is 4.74 Å². The standard InChI is InChI=1S/C14H15NO3S/c16-14(18-10-11-4-2-1-3-5-11)15-12-6-8-13(9-7-12)19(15)17/h1-6,8,12-13H,7,9-10H2/t12-,13+,19+/m1/s1. The average Bonchev–Trinajstić information content (AvgIpc) is 2.47. The molecule has 0 aromatic heterocycles. The molecule has 0 radical (unpaired) electrons. The number of hydrogen-bond acceptors (Lipinski definition) is 3. The molecule has 2 aliphatic heterocycles. The van der Waals surface area contributed by atoms with Gasteiger partial charge in [0, 0.05) is 0 Å². The molecule has 5 heteroatoms. The fourth-order valence-corrected chi connectivity index (χ4v) is 3.91. The van der Waals surface area contributed by atoms with E-state index in [1.165, 1.54) is 4.31 Å². The van der Waals surface area contributed by atoms with Gasteiger partial charge < -0.3 is 4.74 Å². The van der Waals surface area contributed by atoms with Crippen molar-refractivity contribution in [3.8, 4) is 0 Å². The van der Waals surface area contributed by atoms with Crippen molar-refractivity contribution in [2.75, 3.05) is 0 Å². The molecular weight excluding hydrogens is 262 g/mol. The Morgan fingerprint density at radius 2 is 2.05 bits per heavy atom. The van der Waals surface area contributed by atoms with E-state index in [0.29, 0.717) is 0 Å². The van der Waals surface area contributed by atoms with E-state index in [1.54, 1.807) is 0 Å². The average molecular weight is 277 g/mol. The quantitative estimate of drug-likeness (QED) is 0.780. The summed E-state index contributed by atoms with van der Waals surface area (Å²) < 4.78 is 18.7. The van der Waals surface area contributed by atoms with Gasteiger partial charge in [0.15, 0.2) is 0 Å². The number of nitrogens with zero attached hydrogens (tertiary/aromatic N) is 1. The number of amides is 1. The van der Waals surface area contributed by atoms with Gasteiger partial charge in [-0.25, -0.2) is 13.3 Å². The van der Waals surface area contributed by atoms with Crippen molar-refractivity contribution >= 4 is 17.1 Å². The van der Waals surface area contributed by atoms with Crippen LogP contribution in [0.3, 0.4) is 0 Å². The van der Waals surface area contributed by atoms with Gasteiger partial charge in [-0.2, -0.15) is 0 Å². The molecule has 4 rings (SSSR count). The summed E-state index contributed by atoms with van der Waals surface area (Å²) in [6.07, 6.45) is 5.18. The van der Waals surface area contributed by atoms with Crippen molar-refractivity contribution in [2.45, 2.75) is 30.7 Å². The Balaban J connectivity index is 1.65. The zero-order valence-corrected chi connectivity index (χ0v) is 11.2. The van der Waals surface area contributed by atoms with Crippen molar-refractivity contribution in [1.82, 2.24) is 4.31 Å². The first-order valence-corrected chi connectivity index (χ1v) is 7.51. The van der Waals surface area contributed by atoms with Crippen molar-refractivity contribution in [3.63, 3.8) is 0 Å². The highest BCUT2D eigenvalue weighted by Gasteiger charge is 2.40. The monoisotopic (exact) mass is 277 g/mol. The summed E-state index contributed by atoms with van der Waals surface area (Å²) in [7, 11) is -1.28. The van der Waals surface area contributed by atoms with Gasteiger partial charge in [-0.1, -0.05) is 42.5 Å². The van der Waals surface area contributed by atoms with E-state index >= 15 is 0 Å². The van der Waals surface area contributed by atoms with Crippen LogP contribution in [0.25, 0.3) is 0 Å². The maximum atomic E-state index is 12.1. The number of hydrogen-bond donors (Lipinski definition) is 0. The Morgan fingerprint density at radius 1 is 1.26 bits per heavy atom. The lowest BCUT2D eigenvalue weighted by Crippen LogP contribution is -2.50. The van der Waals surface area contributed by atoms with Crippen LogP contribution in [-0.4, -0.2) is 25.9 Å². The van der Waals surface area contributed by atoms with E-state index in [1.807, 2.05) is 42.5 Å². The smallest absolute Gasteiger partial charge is 0.422 e. The van der Waals surface area contributed by atoms with Gasteiger partial charge in [-0.05, 0) is 18.4 Å². The molecule has 19 heavy (non-hydrogen) atoms. The van der Waals surface area contributed by atoms with Crippen LogP contribution in [0.5, 0.6) is 0 Å². The number of fused-ring (bicyclic) bond motifs is 2. The van der Waals surface area contributed by atoms with Crippen molar-refractivity contribution < 1.29 is 13.7 Å². The Hall–Kier alpha value is -1.62. The van der Waals surface area contributed by atoms with Crippen LogP contribution in [0.4, 0.5) is 4.79 Å². The van der Waals surface area contributed by atoms with Gasteiger partial charge in [0.05, 0.1) is 11.3 Å². The summed E-state index contributed by atoms with van der Waals surface area (Å²) in [5.41, 5.74) is 0.930.